The van der Waals surface area contributed by atoms with Gasteiger partial charge in [-0.15, -0.1) is 0 Å². The second-order valence-electron chi connectivity index (χ2n) is 7.01. The van der Waals surface area contributed by atoms with E-state index in [1.165, 1.54) is 18.4 Å². The normalized spacial score (nSPS) is 20.7. The maximum atomic E-state index is 12.0. The second-order valence-corrected chi connectivity index (χ2v) is 7.01. The van der Waals surface area contributed by atoms with E-state index in [1.807, 2.05) is 6.07 Å². The Kier molecular flexibility index (Phi) is 6.28. The van der Waals surface area contributed by atoms with Crippen molar-refractivity contribution < 1.29 is 9.59 Å². The van der Waals surface area contributed by atoms with Crippen molar-refractivity contribution in [3.8, 4) is 0 Å². The Morgan fingerprint density at radius 1 is 1.04 bits per heavy atom. The molecular weight excluding hydrogens is 316 g/mol. The van der Waals surface area contributed by atoms with Crippen molar-refractivity contribution in [1.82, 2.24) is 20.9 Å². The number of piperidine rings is 1. The molecule has 1 heterocycles. The molecule has 1 aliphatic carbocycles. The van der Waals surface area contributed by atoms with Crippen LogP contribution in [0.1, 0.15) is 37.7 Å². The van der Waals surface area contributed by atoms with Crippen molar-refractivity contribution >= 4 is 11.9 Å². The molecule has 1 saturated carbocycles. The minimum atomic E-state index is -0.249. The highest BCUT2D eigenvalue weighted by Gasteiger charge is 2.24. The maximum absolute atomic E-state index is 12.0. The molecule has 136 valence electrons. The number of nitrogens with zero attached hydrogens (tertiary/aromatic N) is 1. The fourth-order valence-corrected chi connectivity index (χ4v) is 3.24. The fraction of sp³-hybridized carbons (Fsp3) is 0.579. The molecule has 0 aromatic heterocycles. The molecular formula is C19H28N4O2. The minimum absolute atomic E-state index is 0.0317. The molecule has 1 aromatic rings. The molecule has 2 fully saturated rings. The van der Waals surface area contributed by atoms with Gasteiger partial charge in [0.15, 0.2) is 0 Å². The number of nitrogens with one attached hydrogen (secondary N) is 3. The van der Waals surface area contributed by atoms with Crippen LogP contribution in [-0.2, 0) is 11.3 Å². The molecule has 0 spiro atoms. The molecule has 0 unspecified atom stereocenters. The Bertz CT molecular complexity index is 574. The van der Waals surface area contributed by atoms with Crippen molar-refractivity contribution in [3.63, 3.8) is 0 Å². The van der Waals surface area contributed by atoms with E-state index in [0.29, 0.717) is 18.6 Å². The molecule has 1 saturated heterocycles. The first-order valence-electron chi connectivity index (χ1n) is 9.30. The number of hydrogen-bond acceptors (Lipinski definition) is 3. The molecule has 6 heteroatoms. The van der Waals surface area contributed by atoms with Gasteiger partial charge >= 0.3 is 6.03 Å². The van der Waals surface area contributed by atoms with E-state index in [2.05, 4.69) is 45.1 Å². The number of hydrogen-bond donors (Lipinski definition) is 3. The number of carbonyl (C=O) groups excluding carboxylic acids is 2. The monoisotopic (exact) mass is 344 g/mol. The summed E-state index contributed by atoms with van der Waals surface area (Å²) in [6.45, 7) is 2.66. The van der Waals surface area contributed by atoms with Gasteiger partial charge < -0.3 is 16.0 Å². The van der Waals surface area contributed by atoms with Crippen LogP contribution in [0.2, 0.25) is 0 Å². The number of benzene rings is 1. The molecule has 25 heavy (non-hydrogen) atoms. The van der Waals surface area contributed by atoms with Crippen molar-refractivity contribution in [1.29, 1.82) is 0 Å². The molecule has 0 radical (unpaired) electrons. The summed E-state index contributed by atoms with van der Waals surface area (Å²) in [6.07, 6.45) is 5.59. The molecule has 3 amide bonds. The van der Waals surface area contributed by atoms with Crippen LogP contribution < -0.4 is 16.0 Å². The average molecular weight is 344 g/mol. The Morgan fingerprint density at radius 2 is 1.84 bits per heavy atom. The largest absolute Gasteiger partial charge is 0.353 e. The third-order valence-electron chi connectivity index (χ3n) is 4.83. The van der Waals surface area contributed by atoms with Crippen LogP contribution in [0.15, 0.2) is 30.3 Å². The van der Waals surface area contributed by atoms with Crippen LogP contribution >= 0.6 is 0 Å². The van der Waals surface area contributed by atoms with Gasteiger partial charge in [0.25, 0.3) is 0 Å². The quantitative estimate of drug-likeness (QED) is 0.704. The third-order valence-corrected chi connectivity index (χ3v) is 4.83. The van der Waals surface area contributed by atoms with Gasteiger partial charge in [0.05, 0.1) is 6.54 Å². The van der Waals surface area contributed by atoms with E-state index in [9.17, 15) is 9.59 Å². The molecule has 6 nitrogen and oxygen atoms in total. The van der Waals surface area contributed by atoms with E-state index in [0.717, 1.165) is 32.4 Å². The second kappa shape index (κ2) is 8.85. The van der Waals surface area contributed by atoms with Gasteiger partial charge in [0, 0.05) is 25.2 Å². The summed E-state index contributed by atoms with van der Waals surface area (Å²) in [5, 5.41) is 8.40. The standard InChI is InChI=1S/C19H28N4O2/c24-18(13-21-19(25)22-16-9-10-16)20-12-17-8-4-5-11-23(17)14-15-6-2-1-3-7-15/h1-3,6-7,16-17H,4-5,8-14H2,(H,20,24)(H2,21,22,25)/t17-/m1/s1. The predicted octanol–water partition coefficient (Wildman–Crippen LogP) is 1.62. The van der Waals surface area contributed by atoms with Gasteiger partial charge in [-0.25, -0.2) is 4.79 Å². The van der Waals surface area contributed by atoms with Crippen LogP contribution in [0.25, 0.3) is 0 Å². The van der Waals surface area contributed by atoms with E-state index in [-0.39, 0.29) is 18.5 Å². The van der Waals surface area contributed by atoms with E-state index < -0.39 is 0 Å². The van der Waals surface area contributed by atoms with Crippen LogP contribution in [0.4, 0.5) is 4.79 Å². The van der Waals surface area contributed by atoms with E-state index in [4.69, 9.17) is 0 Å². The van der Waals surface area contributed by atoms with Gasteiger partial charge in [-0.1, -0.05) is 36.8 Å². The Hall–Kier alpha value is -2.08. The zero-order valence-electron chi connectivity index (χ0n) is 14.7. The van der Waals surface area contributed by atoms with Crippen molar-refractivity contribution in [2.75, 3.05) is 19.6 Å². The van der Waals surface area contributed by atoms with E-state index in [1.54, 1.807) is 0 Å². The van der Waals surface area contributed by atoms with E-state index >= 15 is 0 Å². The number of rotatable bonds is 7. The summed E-state index contributed by atoms with van der Waals surface area (Å²) in [6, 6.07) is 10.9. The topological polar surface area (TPSA) is 73.5 Å². The smallest absolute Gasteiger partial charge is 0.315 e. The first-order valence-corrected chi connectivity index (χ1v) is 9.30. The highest BCUT2D eigenvalue weighted by molar-refractivity contribution is 5.84. The van der Waals surface area contributed by atoms with Gasteiger partial charge in [-0.3, -0.25) is 9.69 Å². The Balaban J connectivity index is 1.40. The summed E-state index contributed by atoms with van der Waals surface area (Å²) in [4.78, 5) is 26.0. The molecule has 1 atom stereocenters. The van der Waals surface area contributed by atoms with Gasteiger partial charge in [0.1, 0.15) is 0 Å². The number of urea groups is 1. The zero-order chi connectivity index (χ0) is 17.5. The highest BCUT2D eigenvalue weighted by atomic mass is 16.2. The van der Waals surface area contributed by atoms with Gasteiger partial charge in [-0.05, 0) is 37.8 Å². The molecule has 1 aromatic carbocycles. The summed E-state index contributed by atoms with van der Waals surface area (Å²) < 4.78 is 0. The number of likely N-dealkylation sites (tertiary alicyclic amines) is 1. The first kappa shape index (κ1) is 17.7. The lowest BCUT2D eigenvalue weighted by atomic mass is 10.0. The highest BCUT2D eigenvalue weighted by Crippen LogP contribution is 2.19. The molecule has 0 bridgehead atoms. The lowest BCUT2D eigenvalue weighted by Gasteiger charge is -2.35. The summed E-state index contributed by atoms with van der Waals surface area (Å²) in [7, 11) is 0. The van der Waals surface area contributed by atoms with Crippen LogP contribution in [0, 0.1) is 0 Å². The summed E-state index contributed by atoms with van der Waals surface area (Å²) in [5.41, 5.74) is 1.30. The summed E-state index contributed by atoms with van der Waals surface area (Å²) in [5.74, 6) is -0.129. The number of carbonyl (C=O) groups is 2. The zero-order valence-corrected chi connectivity index (χ0v) is 14.7. The minimum Gasteiger partial charge on any atom is -0.353 e. The fourth-order valence-electron chi connectivity index (χ4n) is 3.24. The molecule has 3 rings (SSSR count). The van der Waals surface area contributed by atoms with Gasteiger partial charge in [0.2, 0.25) is 5.91 Å². The number of amides is 3. The maximum Gasteiger partial charge on any atom is 0.315 e. The van der Waals surface area contributed by atoms with Crippen LogP contribution in [-0.4, -0.2) is 48.6 Å². The molecule has 3 N–H and O–H groups in total. The van der Waals surface area contributed by atoms with Crippen molar-refractivity contribution in [2.24, 2.45) is 0 Å². The summed E-state index contributed by atoms with van der Waals surface area (Å²) >= 11 is 0. The van der Waals surface area contributed by atoms with Crippen molar-refractivity contribution in [3.05, 3.63) is 35.9 Å². The van der Waals surface area contributed by atoms with Crippen molar-refractivity contribution in [2.45, 2.75) is 50.7 Å². The van der Waals surface area contributed by atoms with Gasteiger partial charge in [-0.2, -0.15) is 0 Å². The Labute approximate surface area is 149 Å². The predicted molar refractivity (Wildman–Crippen MR) is 97.1 cm³/mol. The average Bonchev–Trinajstić information content (AvgIpc) is 3.44. The Morgan fingerprint density at radius 3 is 2.60 bits per heavy atom. The molecule has 1 aliphatic heterocycles. The van der Waals surface area contributed by atoms with Crippen LogP contribution in [0.3, 0.4) is 0 Å². The first-order chi connectivity index (χ1) is 12.2. The van der Waals surface area contributed by atoms with Crippen LogP contribution in [0.5, 0.6) is 0 Å². The lowest BCUT2D eigenvalue weighted by molar-refractivity contribution is -0.120. The lowest BCUT2D eigenvalue weighted by Crippen LogP contribution is -2.48. The SMILES string of the molecule is O=C(CNC(=O)NC1CC1)NC[C@H]1CCCCN1Cc1ccccc1. The third kappa shape index (κ3) is 6.05. The molecule has 2 aliphatic rings.